The summed E-state index contributed by atoms with van der Waals surface area (Å²) in [6, 6.07) is 30.5. The Morgan fingerprint density at radius 2 is 1.54 bits per heavy atom. The molecule has 4 aromatic rings. The average molecular weight is 336 g/mol. The molecule has 0 aliphatic carbocycles. The van der Waals surface area contributed by atoms with Gasteiger partial charge in [0.1, 0.15) is 6.21 Å². The zero-order valence-electron chi connectivity index (χ0n) is 14.2. The second-order valence-corrected chi connectivity index (χ2v) is 5.88. The van der Waals surface area contributed by atoms with E-state index < -0.39 is 0 Å². The van der Waals surface area contributed by atoms with Crippen LogP contribution < -0.4 is 4.68 Å². The van der Waals surface area contributed by atoms with Crippen molar-refractivity contribution in [3.63, 3.8) is 0 Å². The van der Waals surface area contributed by atoms with E-state index in [2.05, 4.69) is 40.4 Å². The molecule has 0 fully saturated rings. The molecule has 0 bridgehead atoms. The third-order valence-corrected chi connectivity index (χ3v) is 4.09. The fraction of sp³-hybridized carbons (Fsp3) is 0. The summed E-state index contributed by atoms with van der Waals surface area (Å²) in [5.74, 6) is 0. The first-order valence-corrected chi connectivity index (χ1v) is 8.52. The Hall–Kier alpha value is -3.59. The van der Waals surface area contributed by atoms with E-state index in [0.29, 0.717) is 0 Å². The van der Waals surface area contributed by atoms with Gasteiger partial charge in [-0.05, 0) is 47.1 Å². The standard InChI is InChI=1S/C23H18N3/c1-2-10-20(11-3-1)23-14-5-7-16-26(23)25-18-19-9-8-12-21(17-19)22-13-4-6-15-24-22/h1-18H/q+1/b25-18+. The summed E-state index contributed by atoms with van der Waals surface area (Å²) in [4.78, 5) is 4.41. The number of nitrogens with zero attached hydrogens (tertiary/aromatic N) is 3. The first-order chi connectivity index (χ1) is 12.9. The quantitative estimate of drug-likeness (QED) is 0.396. The Balaban J connectivity index is 1.66. The van der Waals surface area contributed by atoms with Gasteiger partial charge in [0, 0.05) is 29.5 Å². The maximum absolute atomic E-state index is 4.66. The highest BCUT2D eigenvalue weighted by Gasteiger charge is 2.10. The van der Waals surface area contributed by atoms with E-state index in [0.717, 1.165) is 28.1 Å². The van der Waals surface area contributed by atoms with E-state index in [9.17, 15) is 0 Å². The second-order valence-electron chi connectivity index (χ2n) is 5.88. The van der Waals surface area contributed by atoms with E-state index in [4.69, 9.17) is 0 Å². The molecule has 0 unspecified atom stereocenters. The topological polar surface area (TPSA) is 29.1 Å². The average Bonchev–Trinajstić information content (AvgIpc) is 2.74. The van der Waals surface area contributed by atoms with Crippen molar-refractivity contribution in [1.82, 2.24) is 4.98 Å². The van der Waals surface area contributed by atoms with Crippen molar-refractivity contribution in [1.29, 1.82) is 0 Å². The van der Waals surface area contributed by atoms with Gasteiger partial charge in [0.15, 0.2) is 0 Å². The Morgan fingerprint density at radius 1 is 0.731 bits per heavy atom. The lowest BCUT2D eigenvalue weighted by molar-refractivity contribution is -0.667. The van der Waals surface area contributed by atoms with Gasteiger partial charge in [0.25, 0.3) is 0 Å². The number of hydrogen-bond acceptors (Lipinski definition) is 2. The van der Waals surface area contributed by atoms with Crippen LogP contribution in [0.25, 0.3) is 22.5 Å². The molecule has 0 saturated carbocycles. The van der Waals surface area contributed by atoms with E-state index >= 15 is 0 Å². The molecule has 2 aromatic carbocycles. The van der Waals surface area contributed by atoms with Crippen LogP contribution in [0.15, 0.2) is 108 Å². The number of benzene rings is 2. The molecule has 0 radical (unpaired) electrons. The first kappa shape index (κ1) is 15.9. The molecular formula is C23H18N3+. The molecule has 0 amide bonds. The van der Waals surface area contributed by atoms with E-state index in [1.165, 1.54) is 0 Å². The van der Waals surface area contributed by atoms with Gasteiger partial charge in [0.2, 0.25) is 11.9 Å². The molecule has 3 heteroatoms. The Labute approximate surface area is 152 Å². The van der Waals surface area contributed by atoms with Gasteiger partial charge in [0.05, 0.1) is 5.69 Å². The number of hydrogen-bond donors (Lipinski definition) is 0. The van der Waals surface area contributed by atoms with E-state index in [1.807, 2.05) is 83.9 Å². The molecule has 26 heavy (non-hydrogen) atoms. The predicted octanol–water partition coefficient (Wildman–Crippen LogP) is 4.59. The molecule has 4 rings (SSSR count). The predicted molar refractivity (Wildman–Crippen MR) is 105 cm³/mol. The van der Waals surface area contributed by atoms with Gasteiger partial charge in [-0.3, -0.25) is 4.98 Å². The molecule has 0 N–H and O–H groups in total. The van der Waals surface area contributed by atoms with Gasteiger partial charge in [-0.15, -0.1) is 0 Å². The van der Waals surface area contributed by atoms with Crippen LogP contribution >= 0.6 is 0 Å². The van der Waals surface area contributed by atoms with Crippen LogP contribution in [0.1, 0.15) is 5.56 Å². The van der Waals surface area contributed by atoms with Crippen LogP contribution in [0.4, 0.5) is 0 Å². The molecule has 124 valence electrons. The third-order valence-electron chi connectivity index (χ3n) is 4.09. The van der Waals surface area contributed by atoms with Gasteiger partial charge < -0.3 is 0 Å². The third kappa shape index (κ3) is 3.57. The Morgan fingerprint density at radius 3 is 2.38 bits per heavy atom. The molecule has 0 aliphatic rings. The highest BCUT2D eigenvalue weighted by Crippen LogP contribution is 2.17. The zero-order chi connectivity index (χ0) is 17.6. The largest absolute Gasteiger partial charge is 0.256 e. The van der Waals surface area contributed by atoms with Gasteiger partial charge in [-0.2, -0.15) is 0 Å². The fourth-order valence-corrected chi connectivity index (χ4v) is 2.81. The smallest absolute Gasteiger partial charge is 0.245 e. The summed E-state index contributed by atoms with van der Waals surface area (Å²) in [6.07, 6.45) is 5.64. The van der Waals surface area contributed by atoms with E-state index in [1.54, 1.807) is 0 Å². The number of aromatic nitrogens is 2. The van der Waals surface area contributed by atoms with Crippen molar-refractivity contribution in [3.05, 3.63) is 109 Å². The van der Waals surface area contributed by atoms with E-state index in [-0.39, 0.29) is 0 Å². The fourth-order valence-electron chi connectivity index (χ4n) is 2.81. The van der Waals surface area contributed by atoms with Crippen LogP contribution in [0, 0.1) is 0 Å². The SMILES string of the molecule is C(=N\[n+]1ccccc1-c1ccccc1)/c1cccc(-c2ccccn2)c1. The summed E-state index contributed by atoms with van der Waals surface area (Å²) in [5.41, 5.74) is 5.25. The molecule has 0 spiro atoms. The summed E-state index contributed by atoms with van der Waals surface area (Å²) < 4.78 is 1.89. The molecule has 2 aromatic heterocycles. The van der Waals surface area contributed by atoms with Crippen molar-refractivity contribution < 1.29 is 4.68 Å². The van der Waals surface area contributed by atoms with Gasteiger partial charge in [-0.1, -0.05) is 47.1 Å². The highest BCUT2D eigenvalue weighted by atomic mass is 15.3. The minimum atomic E-state index is 0.958. The molecular weight excluding hydrogens is 318 g/mol. The van der Waals surface area contributed by atoms with Crippen LogP contribution in [0.5, 0.6) is 0 Å². The van der Waals surface area contributed by atoms with Crippen molar-refractivity contribution in [2.75, 3.05) is 0 Å². The maximum atomic E-state index is 4.66. The maximum Gasteiger partial charge on any atom is 0.245 e. The second kappa shape index (κ2) is 7.53. The molecule has 0 saturated heterocycles. The minimum Gasteiger partial charge on any atom is -0.256 e. The number of rotatable bonds is 4. The normalized spacial score (nSPS) is 10.9. The van der Waals surface area contributed by atoms with Crippen LogP contribution in [-0.2, 0) is 0 Å². The molecule has 0 aliphatic heterocycles. The summed E-state index contributed by atoms with van der Waals surface area (Å²) in [6.45, 7) is 0. The number of pyridine rings is 2. The Kier molecular flexibility index (Phi) is 4.61. The van der Waals surface area contributed by atoms with Gasteiger partial charge >= 0.3 is 0 Å². The van der Waals surface area contributed by atoms with Crippen molar-refractivity contribution in [3.8, 4) is 22.5 Å². The highest BCUT2D eigenvalue weighted by molar-refractivity contribution is 5.81. The first-order valence-electron chi connectivity index (χ1n) is 8.52. The van der Waals surface area contributed by atoms with Crippen LogP contribution in [0.3, 0.4) is 0 Å². The Bertz CT molecular complexity index is 1030. The van der Waals surface area contributed by atoms with Crippen LogP contribution in [0.2, 0.25) is 0 Å². The molecule has 3 nitrogen and oxygen atoms in total. The van der Waals surface area contributed by atoms with Crippen molar-refractivity contribution in [2.24, 2.45) is 5.10 Å². The summed E-state index contributed by atoms with van der Waals surface area (Å²) >= 11 is 0. The summed E-state index contributed by atoms with van der Waals surface area (Å²) in [5, 5.41) is 4.66. The zero-order valence-corrected chi connectivity index (χ0v) is 14.2. The lowest BCUT2D eigenvalue weighted by atomic mass is 10.1. The van der Waals surface area contributed by atoms with Crippen molar-refractivity contribution >= 4 is 6.21 Å². The minimum absolute atomic E-state index is 0.958. The lowest BCUT2D eigenvalue weighted by Gasteiger charge is -2.01. The molecule has 2 heterocycles. The van der Waals surface area contributed by atoms with Gasteiger partial charge in [-0.25, -0.2) is 0 Å². The molecule has 0 atom stereocenters. The lowest BCUT2D eigenvalue weighted by Crippen LogP contribution is -2.29. The summed E-state index contributed by atoms with van der Waals surface area (Å²) in [7, 11) is 0. The van der Waals surface area contributed by atoms with Crippen LogP contribution in [-0.4, -0.2) is 11.2 Å². The monoisotopic (exact) mass is 336 g/mol. The van der Waals surface area contributed by atoms with Crippen molar-refractivity contribution in [2.45, 2.75) is 0 Å².